The van der Waals surface area contributed by atoms with Gasteiger partial charge in [-0.1, -0.05) is 54.6 Å². The molecule has 1 amide bonds. The van der Waals surface area contributed by atoms with E-state index in [4.69, 9.17) is 9.47 Å². The average molecular weight is 406 g/mol. The summed E-state index contributed by atoms with van der Waals surface area (Å²) in [5.41, 5.74) is 4.71. The minimum atomic E-state index is -0.356. The van der Waals surface area contributed by atoms with Gasteiger partial charge in [0, 0.05) is 17.9 Å². The Morgan fingerprint density at radius 2 is 1.70 bits per heavy atom. The van der Waals surface area contributed by atoms with Crippen molar-refractivity contribution in [3.63, 3.8) is 0 Å². The maximum absolute atomic E-state index is 12.6. The summed E-state index contributed by atoms with van der Waals surface area (Å²) in [4.78, 5) is 12.6. The number of rotatable bonds is 6. The molecular formula is C26H31NO3. The number of carbonyl (C=O) groups excluding carboxylic acids is 1. The lowest BCUT2D eigenvalue weighted by atomic mass is 9.74. The number of amides is 1. The second-order valence-electron chi connectivity index (χ2n) is 9.27. The number of nitrogens with one attached hydrogen (secondary N) is 1. The number of carbonyl (C=O) groups is 1. The molecule has 1 saturated carbocycles. The maximum atomic E-state index is 12.6. The van der Waals surface area contributed by atoms with Gasteiger partial charge in [0.05, 0.1) is 11.7 Å². The highest BCUT2D eigenvalue weighted by Crippen LogP contribution is 2.44. The molecule has 3 unspecified atom stereocenters. The SMILES string of the molecule is C=CCC1C(NC(=O)OCC2c3ccccc3-c3ccccc32)CC1OC(C)(C)C. The number of hydrogen-bond donors (Lipinski definition) is 1. The number of alkyl carbamates (subject to hydrolysis) is 1. The van der Waals surface area contributed by atoms with Gasteiger partial charge in [0.1, 0.15) is 6.61 Å². The van der Waals surface area contributed by atoms with Crippen LogP contribution in [0.4, 0.5) is 4.79 Å². The third kappa shape index (κ3) is 4.15. The van der Waals surface area contributed by atoms with Crippen LogP contribution in [0.2, 0.25) is 0 Å². The Bertz CT molecular complexity index is 884. The molecule has 158 valence electrons. The van der Waals surface area contributed by atoms with E-state index in [0.29, 0.717) is 6.61 Å². The first-order chi connectivity index (χ1) is 14.4. The van der Waals surface area contributed by atoms with Crippen molar-refractivity contribution in [1.29, 1.82) is 0 Å². The highest BCUT2D eigenvalue weighted by atomic mass is 16.5. The van der Waals surface area contributed by atoms with Gasteiger partial charge in [0.25, 0.3) is 0 Å². The summed E-state index contributed by atoms with van der Waals surface area (Å²) in [7, 11) is 0. The molecule has 2 aromatic carbocycles. The molecule has 0 radical (unpaired) electrons. The van der Waals surface area contributed by atoms with Gasteiger partial charge < -0.3 is 14.8 Å². The molecule has 0 saturated heterocycles. The van der Waals surface area contributed by atoms with Gasteiger partial charge in [0.2, 0.25) is 0 Å². The van der Waals surface area contributed by atoms with Crippen molar-refractivity contribution in [2.24, 2.45) is 5.92 Å². The first kappa shape index (κ1) is 20.7. The van der Waals surface area contributed by atoms with E-state index < -0.39 is 0 Å². The minimum Gasteiger partial charge on any atom is -0.449 e. The summed E-state index contributed by atoms with van der Waals surface area (Å²) < 4.78 is 11.8. The van der Waals surface area contributed by atoms with Crippen molar-refractivity contribution >= 4 is 6.09 Å². The number of benzene rings is 2. The van der Waals surface area contributed by atoms with E-state index in [0.717, 1.165) is 12.8 Å². The van der Waals surface area contributed by atoms with Gasteiger partial charge in [-0.15, -0.1) is 6.58 Å². The van der Waals surface area contributed by atoms with E-state index in [2.05, 4.69) is 69.1 Å². The number of ether oxygens (including phenoxy) is 2. The summed E-state index contributed by atoms with van der Waals surface area (Å²) >= 11 is 0. The van der Waals surface area contributed by atoms with Crippen molar-refractivity contribution in [2.45, 2.75) is 57.3 Å². The normalized spacial score (nSPS) is 22.6. The lowest BCUT2D eigenvalue weighted by Crippen LogP contribution is -2.57. The zero-order valence-corrected chi connectivity index (χ0v) is 18.1. The van der Waals surface area contributed by atoms with Crippen molar-refractivity contribution in [2.75, 3.05) is 6.61 Å². The molecule has 2 aliphatic rings. The Hall–Kier alpha value is -2.59. The predicted molar refractivity (Wildman–Crippen MR) is 120 cm³/mol. The van der Waals surface area contributed by atoms with E-state index >= 15 is 0 Å². The third-order valence-electron chi connectivity index (χ3n) is 6.07. The lowest BCUT2D eigenvalue weighted by Gasteiger charge is -2.46. The van der Waals surface area contributed by atoms with Crippen LogP contribution in [0.5, 0.6) is 0 Å². The molecule has 0 spiro atoms. The summed E-state index contributed by atoms with van der Waals surface area (Å²) in [6.07, 6.45) is 3.30. The fraction of sp³-hybridized carbons (Fsp3) is 0.423. The molecule has 1 fully saturated rings. The van der Waals surface area contributed by atoms with Gasteiger partial charge in [0.15, 0.2) is 0 Å². The third-order valence-corrected chi connectivity index (χ3v) is 6.07. The fourth-order valence-electron chi connectivity index (χ4n) is 4.72. The van der Waals surface area contributed by atoms with Crippen LogP contribution in [0.1, 0.15) is 50.7 Å². The van der Waals surface area contributed by atoms with Crippen LogP contribution in [0.25, 0.3) is 11.1 Å². The number of fused-ring (bicyclic) bond motifs is 3. The van der Waals surface area contributed by atoms with Crippen LogP contribution in [0.15, 0.2) is 61.2 Å². The molecule has 0 bridgehead atoms. The van der Waals surface area contributed by atoms with Crippen LogP contribution in [-0.2, 0) is 9.47 Å². The Morgan fingerprint density at radius 3 is 2.27 bits per heavy atom. The van der Waals surface area contributed by atoms with Gasteiger partial charge >= 0.3 is 6.09 Å². The van der Waals surface area contributed by atoms with Crippen LogP contribution < -0.4 is 5.32 Å². The van der Waals surface area contributed by atoms with Crippen LogP contribution in [0, 0.1) is 5.92 Å². The highest BCUT2D eigenvalue weighted by molar-refractivity contribution is 5.79. The summed E-state index contributed by atoms with van der Waals surface area (Å²) in [5, 5.41) is 3.05. The molecule has 2 aromatic rings. The van der Waals surface area contributed by atoms with Crippen molar-refractivity contribution in [1.82, 2.24) is 5.32 Å². The Kier molecular flexibility index (Phi) is 5.70. The summed E-state index contributed by atoms with van der Waals surface area (Å²) in [6.45, 7) is 10.4. The predicted octanol–water partition coefficient (Wildman–Crippen LogP) is 5.67. The second-order valence-corrected chi connectivity index (χ2v) is 9.27. The highest BCUT2D eigenvalue weighted by Gasteiger charge is 2.43. The van der Waals surface area contributed by atoms with E-state index in [1.807, 2.05) is 18.2 Å². The molecule has 2 aliphatic carbocycles. The largest absolute Gasteiger partial charge is 0.449 e. The first-order valence-electron chi connectivity index (χ1n) is 10.8. The maximum Gasteiger partial charge on any atom is 0.407 e. The van der Waals surface area contributed by atoms with Crippen LogP contribution in [0.3, 0.4) is 0 Å². The smallest absolute Gasteiger partial charge is 0.407 e. The van der Waals surface area contributed by atoms with Gasteiger partial charge in [-0.25, -0.2) is 4.79 Å². The number of hydrogen-bond acceptors (Lipinski definition) is 3. The quantitative estimate of drug-likeness (QED) is 0.630. The first-order valence-corrected chi connectivity index (χ1v) is 10.8. The molecule has 0 aromatic heterocycles. The fourth-order valence-corrected chi connectivity index (χ4v) is 4.72. The lowest BCUT2D eigenvalue weighted by molar-refractivity contribution is -0.135. The zero-order valence-electron chi connectivity index (χ0n) is 18.1. The molecule has 3 atom stereocenters. The molecule has 0 heterocycles. The standard InChI is InChI=1S/C26H31NO3/c1-5-10-21-23(15-24(21)30-26(2,3)4)27-25(28)29-16-22-19-13-8-6-11-17(19)18-12-7-9-14-20(18)22/h5-9,11-14,21-24H,1,10,15-16H2,2-4H3,(H,27,28). The minimum absolute atomic E-state index is 0.0611. The molecule has 4 nitrogen and oxygen atoms in total. The van der Waals surface area contributed by atoms with Crippen molar-refractivity contribution < 1.29 is 14.3 Å². The second kappa shape index (κ2) is 8.27. The Morgan fingerprint density at radius 1 is 1.10 bits per heavy atom. The molecule has 30 heavy (non-hydrogen) atoms. The Balaban J connectivity index is 1.37. The topological polar surface area (TPSA) is 47.6 Å². The zero-order chi connectivity index (χ0) is 21.3. The van der Waals surface area contributed by atoms with Crippen LogP contribution in [-0.4, -0.2) is 30.4 Å². The molecule has 4 heteroatoms. The summed E-state index contributed by atoms with van der Waals surface area (Å²) in [5.74, 6) is 0.313. The van der Waals surface area contributed by atoms with Crippen LogP contribution >= 0.6 is 0 Å². The van der Waals surface area contributed by atoms with Gasteiger partial charge in [-0.05, 0) is 55.9 Å². The summed E-state index contributed by atoms with van der Waals surface area (Å²) in [6, 6.07) is 16.8. The van der Waals surface area contributed by atoms with E-state index in [1.165, 1.54) is 22.3 Å². The number of allylic oxidation sites excluding steroid dienone is 1. The van der Waals surface area contributed by atoms with E-state index in [1.54, 1.807) is 0 Å². The Labute approximate surface area is 179 Å². The average Bonchev–Trinajstić information content (AvgIpc) is 3.03. The molecule has 0 aliphatic heterocycles. The van der Waals surface area contributed by atoms with Crippen molar-refractivity contribution in [3.8, 4) is 11.1 Å². The van der Waals surface area contributed by atoms with E-state index in [9.17, 15) is 4.79 Å². The molecule has 4 rings (SSSR count). The van der Waals surface area contributed by atoms with Gasteiger partial charge in [-0.2, -0.15) is 0 Å². The monoisotopic (exact) mass is 405 g/mol. The van der Waals surface area contributed by atoms with Gasteiger partial charge in [-0.3, -0.25) is 0 Å². The molecular weight excluding hydrogens is 374 g/mol. The van der Waals surface area contributed by atoms with E-state index in [-0.39, 0.29) is 35.7 Å². The van der Waals surface area contributed by atoms with Crippen molar-refractivity contribution in [3.05, 3.63) is 72.3 Å². The molecule has 1 N–H and O–H groups in total.